The zero-order chi connectivity index (χ0) is 24.6. The number of nitrogens with zero attached hydrogens (tertiary/aromatic N) is 2. The molecule has 2 aromatic carbocycles. The van der Waals surface area contributed by atoms with Crippen LogP contribution in [0.1, 0.15) is 30.6 Å². The summed E-state index contributed by atoms with van der Waals surface area (Å²) in [6, 6.07) is 13.0. The van der Waals surface area contributed by atoms with Crippen molar-refractivity contribution in [1.82, 2.24) is 9.21 Å². The Bertz CT molecular complexity index is 1030. The summed E-state index contributed by atoms with van der Waals surface area (Å²) in [5.41, 5.74) is 6.04. The van der Waals surface area contributed by atoms with Gasteiger partial charge in [0, 0.05) is 24.2 Å². The highest BCUT2D eigenvalue weighted by Crippen LogP contribution is 2.24. The molecule has 0 aliphatic rings. The van der Waals surface area contributed by atoms with Gasteiger partial charge in [-0.2, -0.15) is 4.31 Å². The lowest BCUT2D eigenvalue weighted by Gasteiger charge is -2.34. The first-order chi connectivity index (χ1) is 15.6. The standard InChI is InChI=1S/C23H30ClN3O5S/c1-17(2)15-21(22(25)28)27(33(30,31)20-11-9-19(24)10-12-20)16-26(13-14-32-3)23(29)18-7-5-4-6-8-18/h4-12,17,21H,13-16H2,1-3H3,(H2,25,28). The highest BCUT2D eigenvalue weighted by molar-refractivity contribution is 7.89. The molecule has 0 saturated heterocycles. The molecule has 10 heteroatoms. The zero-order valence-corrected chi connectivity index (χ0v) is 20.6. The van der Waals surface area contributed by atoms with Crippen molar-refractivity contribution < 1.29 is 22.7 Å². The van der Waals surface area contributed by atoms with Crippen LogP contribution in [0, 0.1) is 5.92 Å². The average Bonchev–Trinajstić information content (AvgIpc) is 2.78. The number of carbonyl (C=O) groups excluding carboxylic acids is 2. The average molecular weight is 496 g/mol. The number of halogens is 1. The van der Waals surface area contributed by atoms with Crippen molar-refractivity contribution in [3.05, 3.63) is 65.2 Å². The van der Waals surface area contributed by atoms with Crippen molar-refractivity contribution in [2.45, 2.75) is 31.2 Å². The summed E-state index contributed by atoms with van der Waals surface area (Å²) in [5, 5.41) is 0.370. The van der Waals surface area contributed by atoms with Crippen molar-refractivity contribution in [3.8, 4) is 0 Å². The monoisotopic (exact) mass is 495 g/mol. The number of amides is 2. The van der Waals surface area contributed by atoms with Crippen LogP contribution in [0.2, 0.25) is 5.02 Å². The molecule has 0 spiro atoms. The van der Waals surface area contributed by atoms with Crippen molar-refractivity contribution in [2.75, 3.05) is 26.9 Å². The van der Waals surface area contributed by atoms with Crippen molar-refractivity contribution in [1.29, 1.82) is 0 Å². The molecular weight excluding hydrogens is 466 g/mol. The molecule has 33 heavy (non-hydrogen) atoms. The molecule has 0 radical (unpaired) electrons. The molecule has 2 amide bonds. The minimum atomic E-state index is -4.20. The minimum Gasteiger partial charge on any atom is -0.383 e. The van der Waals surface area contributed by atoms with E-state index >= 15 is 0 Å². The summed E-state index contributed by atoms with van der Waals surface area (Å²) in [6.45, 7) is 3.65. The number of carbonyl (C=O) groups is 2. The lowest BCUT2D eigenvalue weighted by molar-refractivity contribution is -0.122. The summed E-state index contributed by atoms with van der Waals surface area (Å²) in [5.74, 6) is -1.21. The van der Waals surface area contributed by atoms with Gasteiger partial charge in [-0.15, -0.1) is 0 Å². The van der Waals surface area contributed by atoms with Gasteiger partial charge in [0.05, 0.1) is 18.2 Å². The first-order valence-electron chi connectivity index (χ1n) is 10.5. The molecule has 0 aliphatic heterocycles. The van der Waals surface area contributed by atoms with E-state index in [1.54, 1.807) is 30.3 Å². The number of primary amides is 1. The second kappa shape index (κ2) is 12.1. The second-order valence-corrected chi connectivity index (χ2v) is 10.3. The molecule has 0 heterocycles. The van der Waals surface area contributed by atoms with Gasteiger partial charge < -0.3 is 15.4 Å². The second-order valence-electron chi connectivity index (χ2n) is 7.96. The summed E-state index contributed by atoms with van der Waals surface area (Å²) in [7, 11) is -2.72. The number of hydrogen-bond acceptors (Lipinski definition) is 5. The van der Waals surface area contributed by atoms with Crippen LogP contribution < -0.4 is 5.73 Å². The molecule has 1 atom stereocenters. The fraction of sp³-hybridized carbons (Fsp3) is 0.391. The van der Waals surface area contributed by atoms with Gasteiger partial charge in [-0.1, -0.05) is 43.6 Å². The number of hydrogen-bond donors (Lipinski definition) is 1. The first-order valence-corrected chi connectivity index (χ1v) is 12.3. The summed E-state index contributed by atoms with van der Waals surface area (Å²) >= 11 is 5.92. The highest BCUT2D eigenvalue weighted by atomic mass is 35.5. The van der Waals surface area contributed by atoms with Crippen molar-refractivity contribution in [2.24, 2.45) is 11.7 Å². The van der Waals surface area contributed by atoms with Crippen molar-refractivity contribution in [3.63, 3.8) is 0 Å². The van der Waals surface area contributed by atoms with Gasteiger partial charge in [0.2, 0.25) is 15.9 Å². The Morgan fingerprint density at radius 3 is 2.18 bits per heavy atom. The Morgan fingerprint density at radius 2 is 1.67 bits per heavy atom. The maximum atomic E-state index is 13.6. The summed E-state index contributed by atoms with van der Waals surface area (Å²) in [4.78, 5) is 26.9. The predicted octanol–water partition coefficient (Wildman–Crippen LogP) is 2.98. The molecule has 0 saturated carbocycles. The molecule has 0 fully saturated rings. The van der Waals surface area contributed by atoms with Crippen molar-refractivity contribution >= 4 is 33.4 Å². The minimum absolute atomic E-state index is 0.0253. The molecule has 0 bridgehead atoms. The van der Waals surface area contributed by atoms with Crippen LogP contribution in [-0.4, -0.2) is 62.4 Å². The van der Waals surface area contributed by atoms with Gasteiger partial charge in [0.15, 0.2) is 0 Å². The van der Waals surface area contributed by atoms with E-state index in [0.717, 1.165) is 4.31 Å². The van der Waals surface area contributed by atoms with Crippen LogP contribution in [0.25, 0.3) is 0 Å². The number of ether oxygens (including phenoxy) is 1. The Balaban J connectivity index is 2.54. The predicted molar refractivity (Wildman–Crippen MR) is 127 cm³/mol. The van der Waals surface area contributed by atoms with Gasteiger partial charge >= 0.3 is 0 Å². The molecule has 1 unspecified atom stereocenters. The van der Waals surface area contributed by atoms with Gasteiger partial charge in [-0.05, 0) is 48.7 Å². The SMILES string of the molecule is COCCN(CN(C(CC(C)C)C(N)=O)S(=O)(=O)c1ccc(Cl)cc1)C(=O)c1ccccc1. The quantitative estimate of drug-likeness (QED) is 0.455. The van der Waals surface area contributed by atoms with Crippen LogP contribution in [0.15, 0.2) is 59.5 Å². The van der Waals surface area contributed by atoms with E-state index < -0.39 is 27.9 Å². The van der Waals surface area contributed by atoms with Crippen LogP contribution in [0.5, 0.6) is 0 Å². The third kappa shape index (κ3) is 7.26. The molecule has 180 valence electrons. The summed E-state index contributed by atoms with van der Waals surface area (Å²) < 4.78 is 33.4. The van der Waals surface area contributed by atoms with Gasteiger partial charge in [-0.25, -0.2) is 8.42 Å². The van der Waals surface area contributed by atoms with E-state index in [-0.39, 0.29) is 37.1 Å². The fourth-order valence-electron chi connectivity index (χ4n) is 3.28. The van der Waals surface area contributed by atoms with E-state index in [2.05, 4.69) is 0 Å². The molecule has 2 rings (SSSR count). The third-order valence-electron chi connectivity index (χ3n) is 4.97. The Morgan fingerprint density at radius 1 is 1.06 bits per heavy atom. The lowest BCUT2D eigenvalue weighted by atomic mass is 10.0. The molecule has 2 aromatic rings. The fourth-order valence-corrected chi connectivity index (χ4v) is 4.97. The topological polar surface area (TPSA) is 110 Å². The van der Waals surface area contributed by atoms with E-state index in [4.69, 9.17) is 22.1 Å². The normalized spacial score (nSPS) is 12.7. The number of rotatable bonds is 12. The van der Waals surface area contributed by atoms with Crippen LogP contribution >= 0.6 is 11.6 Å². The van der Waals surface area contributed by atoms with Gasteiger partial charge in [0.1, 0.15) is 6.04 Å². The lowest BCUT2D eigenvalue weighted by Crippen LogP contribution is -2.54. The largest absolute Gasteiger partial charge is 0.383 e. The first kappa shape index (κ1) is 26.8. The molecule has 2 N–H and O–H groups in total. The zero-order valence-electron chi connectivity index (χ0n) is 19.0. The Kier molecular flexibility index (Phi) is 9.85. The Labute approximate surface area is 200 Å². The Hall–Kier alpha value is -2.46. The van der Waals surface area contributed by atoms with Crippen LogP contribution in [0.4, 0.5) is 0 Å². The molecular formula is C23H30ClN3O5S. The van der Waals surface area contributed by atoms with E-state index in [0.29, 0.717) is 10.6 Å². The van der Waals surface area contributed by atoms with E-state index in [1.807, 2.05) is 13.8 Å². The smallest absolute Gasteiger partial charge is 0.254 e. The maximum Gasteiger partial charge on any atom is 0.254 e. The van der Waals surface area contributed by atoms with Gasteiger partial charge in [0.25, 0.3) is 5.91 Å². The number of nitrogens with two attached hydrogens (primary N) is 1. The molecule has 0 aliphatic carbocycles. The third-order valence-corrected chi connectivity index (χ3v) is 7.08. The summed E-state index contributed by atoms with van der Waals surface area (Å²) in [6.07, 6.45) is 0.194. The number of methoxy groups -OCH3 is 1. The number of sulfonamides is 1. The number of benzene rings is 2. The van der Waals surface area contributed by atoms with E-state index in [1.165, 1.54) is 36.3 Å². The maximum absolute atomic E-state index is 13.6. The van der Waals surface area contributed by atoms with E-state index in [9.17, 15) is 18.0 Å². The van der Waals surface area contributed by atoms with Gasteiger partial charge in [-0.3, -0.25) is 9.59 Å². The molecule has 8 nitrogen and oxygen atoms in total. The van der Waals surface area contributed by atoms with Crippen LogP contribution in [-0.2, 0) is 19.6 Å². The molecule has 0 aromatic heterocycles. The van der Waals surface area contributed by atoms with Crippen LogP contribution in [0.3, 0.4) is 0 Å². The highest BCUT2D eigenvalue weighted by Gasteiger charge is 2.37.